The van der Waals surface area contributed by atoms with Crippen molar-refractivity contribution in [3.63, 3.8) is 0 Å². The van der Waals surface area contributed by atoms with Crippen LogP contribution < -0.4 is 5.32 Å². The van der Waals surface area contributed by atoms with Gasteiger partial charge in [-0.3, -0.25) is 4.68 Å². The zero-order valence-electron chi connectivity index (χ0n) is 12.6. The molecule has 20 heavy (non-hydrogen) atoms. The third kappa shape index (κ3) is 2.50. The normalized spacial score (nSPS) is 18.6. The molecule has 2 heterocycles. The van der Waals surface area contributed by atoms with Crippen molar-refractivity contribution in [1.82, 2.24) is 15.1 Å². The van der Waals surface area contributed by atoms with E-state index in [0.717, 1.165) is 31.2 Å². The lowest BCUT2D eigenvalue weighted by Gasteiger charge is -2.10. The van der Waals surface area contributed by atoms with Gasteiger partial charge in [-0.2, -0.15) is 5.10 Å². The molecule has 1 fully saturated rings. The number of aromatic nitrogens is 2. The van der Waals surface area contributed by atoms with Gasteiger partial charge < -0.3 is 5.32 Å². The largest absolute Gasteiger partial charge is 0.316 e. The number of benzene rings is 1. The van der Waals surface area contributed by atoms with Crippen molar-refractivity contribution < 1.29 is 0 Å². The van der Waals surface area contributed by atoms with E-state index >= 15 is 0 Å². The highest BCUT2D eigenvalue weighted by molar-refractivity contribution is 5.69. The van der Waals surface area contributed by atoms with Crippen LogP contribution in [0.2, 0.25) is 0 Å². The summed E-state index contributed by atoms with van der Waals surface area (Å²) >= 11 is 0. The molecule has 1 aliphatic heterocycles. The Kier molecular flexibility index (Phi) is 3.62. The zero-order chi connectivity index (χ0) is 14.1. The van der Waals surface area contributed by atoms with Gasteiger partial charge in [0.05, 0.1) is 5.69 Å². The van der Waals surface area contributed by atoms with Crippen molar-refractivity contribution >= 4 is 0 Å². The molecule has 1 atom stereocenters. The number of hydrogen-bond acceptors (Lipinski definition) is 2. The van der Waals surface area contributed by atoms with E-state index in [1.165, 1.54) is 28.8 Å². The average Bonchev–Trinajstić information content (AvgIpc) is 2.99. The first-order valence-electron chi connectivity index (χ1n) is 7.47. The van der Waals surface area contributed by atoms with E-state index in [-0.39, 0.29) is 0 Å². The summed E-state index contributed by atoms with van der Waals surface area (Å²) in [5, 5.41) is 8.20. The van der Waals surface area contributed by atoms with E-state index in [1.54, 1.807) is 0 Å². The Morgan fingerprint density at radius 1 is 1.30 bits per heavy atom. The van der Waals surface area contributed by atoms with Gasteiger partial charge in [0.25, 0.3) is 0 Å². The van der Waals surface area contributed by atoms with Gasteiger partial charge in [-0.1, -0.05) is 29.8 Å². The highest BCUT2D eigenvalue weighted by Gasteiger charge is 2.19. The number of nitrogens with one attached hydrogen (secondary N) is 1. The second kappa shape index (κ2) is 5.41. The van der Waals surface area contributed by atoms with E-state index in [2.05, 4.69) is 55.0 Å². The van der Waals surface area contributed by atoms with E-state index in [1.807, 2.05) is 0 Å². The fourth-order valence-corrected chi connectivity index (χ4v) is 3.21. The molecule has 3 heteroatoms. The molecule has 1 aromatic carbocycles. The van der Waals surface area contributed by atoms with Gasteiger partial charge in [0.1, 0.15) is 0 Å². The lowest BCUT2D eigenvalue weighted by atomic mass is 10.0. The van der Waals surface area contributed by atoms with Crippen molar-refractivity contribution in [3.05, 3.63) is 41.2 Å². The number of hydrogen-bond donors (Lipinski definition) is 1. The highest BCUT2D eigenvalue weighted by Crippen LogP contribution is 2.28. The second-order valence-electron chi connectivity index (χ2n) is 5.96. The maximum absolute atomic E-state index is 4.77. The summed E-state index contributed by atoms with van der Waals surface area (Å²) in [7, 11) is 0. The molecule has 0 saturated carbocycles. The first kappa shape index (κ1) is 13.4. The Hall–Kier alpha value is -1.61. The second-order valence-corrected chi connectivity index (χ2v) is 5.96. The minimum Gasteiger partial charge on any atom is -0.316 e. The standard InChI is InChI=1S/C17H23N3/c1-12-5-4-6-16(9-12)17-13(2)19-20(14(17)3)11-15-7-8-18-10-15/h4-6,9,15,18H,7-8,10-11H2,1-3H3. The average molecular weight is 269 g/mol. The molecule has 0 aliphatic carbocycles. The van der Waals surface area contributed by atoms with Crippen LogP contribution in [0, 0.1) is 26.7 Å². The summed E-state index contributed by atoms with van der Waals surface area (Å²) in [6.45, 7) is 9.76. The third-order valence-electron chi connectivity index (χ3n) is 4.28. The van der Waals surface area contributed by atoms with Gasteiger partial charge in [-0.15, -0.1) is 0 Å². The van der Waals surface area contributed by atoms with Gasteiger partial charge in [0, 0.05) is 17.8 Å². The Morgan fingerprint density at radius 2 is 2.15 bits per heavy atom. The van der Waals surface area contributed by atoms with Crippen LogP contribution in [0.3, 0.4) is 0 Å². The fourth-order valence-electron chi connectivity index (χ4n) is 3.21. The molecule has 0 radical (unpaired) electrons. The molecule has 1 saturated heterocycles. The first-order valence-corrected chi connectivity index (χ1v) is 7.47. The molecule has 0 spiro atoms. The van der Waals surface area contributed by atoms with Crippen LogP contribution in [0.25, 0.3) is 11.1 Å². The van der Waals surface area contributed by atoms with E-state index in [4.69, 9.17) is 5.10 Å². The summed E-state index contributed by atoms with van der Waals surface area (Å²) in [6.07, 6.45) is 1.26. The summed E-state index contributed by atoms with van der Waals surface area (Å²) < 4.78 is 2.20. The Labute approximate surface area is 121 Å². The Balaban J connectivity index is 1.93. The molecule has 3 rings (SSSR count). The predicted molar refractivity (Wildman–Crippen MR) is 82.9 cm³/mol. The molecule has 3 nitrogen and oxygen atoms in total. The van der Waals surface area contributed by atoms with Crippen LogP contribution in [-0.4, -0.2) is 22.9 Å². The number of nitrogens with zero attached hydrogens (tertiary/aromatic N) is 2. The summed E-state index contributed by atoms with van der Waals surface area (Å²) in [6, 6.07) is 8.70. The van der Waals surface area contributed by atoms with Gasteiger partial charge in [-0.25, -0.2) is 0 Å². The topological polar surface area (TPSA) is 29.9 Å². The highest BCUT2D eigenvalue weighted by atomic mass is 15.3. The smallest absolute Gasteiger partial charge is 0.0674 e. The molecule has 1 aliphatic rings. The lowest BCUT2D eigenvalue weighted by molar-refractivity contribution is 0.441. The van der Waals surface area contributed by atoms with Gasteiger partial charge in [-0.05, 0) is 51.8 Å². The predicted octanol–water partition coefficient (Wildman–Crippen LogP) is 3.08. The van der Waals surface area contributed by atoms with Crippen LogP contribution in [0.5, 0.6) is 0 Å². The van der Waals surface area contributed by atoms with Crippen molar-refractivity contribution in [2.24, 2.45) is 5.92 Å². The van der Waals surface area contributed by atoms with Crippen molar-refractivity contribution in [3.8, 4) is 11.1 Å². The number of rotatable bonds is 3. The van der Waals surface area contributed by atoms with Crippen LogP contribution >= 0.6 is 0 Å². The van der Waals surface area contributed by atoms with E-state index in [0.29, 0.717) is 0 Å². The van der Waals surface area contributed by atoms with Crippen LogP contribution in [0.15, 0.2) is 24.3 Å². The third-order valence-corrected chi connectivity index (χ3v) is 4.28. The summed E-state index contributed by atoms with van der Waals surface area (Å²) in [5.41, 5.74) is 6.32. The van der Waals surface area contributed by atoms with Gasteiger partial charge >= 0.3 is 0 Å². The number of aryl methyl sites for hydroxylation is 2. The Morgan fingerprint density at radius 3 is 2.85 bits per heavy atom. The molecular weight excluding hydrogens is 246 g/mol. The maximum Gasteiger partial charge on any atom is 0.0674 e. The molecule has 0 bridgehead atoms. The van der Waals surface area contributed by atoms with Crippen LogP contribution in [0.1, 0.15) is 23.4 Å². The quantitative estimate of drug-likeness (QED) is 0.928. The van der Waals surface area contributed by atoms with E-state index in [9.17, 15) is 0 Å². The molecule has 1 N–H and O–H groups in total. The monoisotopic (exact) mass is 269 g/mol. The van der Waals surface area contributed by atoms with Crippen molar-refractivity contribution in [2.45, 2.75) is 33.7 Å². The molecule has 0 amide bonds. The molecule has 106 valence electrons. The maximum atomic E-state index is 4.77. The molecule has 1 aromatic heterocycles. The Bertz CT molecular complexity index is 607. The summed E-state index contributed by atoms with van der Waals surface area (Å²) in [5.74, 6) is 0.721. The van der Waals surface area contributed by atoms with Crippen molar-refractivity contribution in [1.29, 1.82) is 0 Å². The SMILES string of the molecule is Cc1cccc(-c2c(C)nn(CC3CCNC3)c2C)c1. The van der Waals surface area contributed by atoms with E-state index < -0.39 is 0 Å². The van der Waals surface area contributed by atoms with Crippen molar-refractivity contribution in [2.75, 3.05) is 13.1 Å². The van der Waals surface area contributed by atoms with Gasteiger partial charge in [0.15, 0.2) is 0 Å². The minimum atomic E-state index is 0.721. The summed E-state index contributed by atoms with van der Waals surface area (Å²) in [4.78, 5) is 0. The molecule has 2 aromatic rings. The molecular formula is C17H23N3. The van der Waals surface area contributed by atoms with Gasteiger partial charge in [0.2, 0.25) is 0 Å². The fraction of sp³-hybridized carbons (Fsp3) is 0.471. The zero-order valence-corrected chi connectivity index (χ0v) is 12.6. The van der Waals surface area contributed by atoms with Crippen LogP contribution in [-0.2, 0) is 6.54 Å². The minimum absolute atomic E-state index is 0.721. The molecule has 1 unspecified atom stereocenters. The first-order chi connectivity index (χ1) is 9.65. The van der Waals surface area contributed by atoms with Crippen LogP contribution in [0.4, 0.5) is 0 Å². The lowest BCUT2D eigenvalue weighted by Crippen LogP contribution is -2.16.